The van der Waals surface area contributed by atoms with Gasteiger partial charge in [-0.15, -0.1) is 0 Å². The molecule has 0 heterocycles. The average molecular weight is 706 g/mol. The Kier molecular flexibility index (Phi) is 30.2. The molecule has 6 nitrogen and oxygen atoms in total. The predicted octanol–water partition coefficient (Wildman–Crippen LogP) is 13.9. The van der Waals surface area contributed by atoms with Gasteiger partial charge in [0.25, 0.3) is 5.69 Å². The summed E-state index contributed by atoms with van der Waals surface area (Å²) in [6, 6.07) is 6.57. The Morgan fingerprint density at radius 3 is 1.10 bits per heavy atom. The van der Waals surface area contributed by atoms with E-state index in [0.717, 1.165) is 44.6 Å². The van der Waals surface area contributed by atoms with Crippen LogP contribution in [-0.4, -0.2) is 30.7 Å². The zero-order valence-electron chi connectivity index (χ0n) is 32.2. The number of rotatable bonds is 37. The Morgan fingerprint density at radius 1 is 0.531 bits per heavy atom. The Hall–Kier alpha value is -1.47. The van der Waals surface area contributed by atoms with Crippen molar-refractivity contribution in [2.45, 2.75) is 224 Å². The Labute approximate surface area is 304 Å². The van der Waals surface area contributed by atoms with Crippen molar-refractivity contribution in [1.82, 2.24) is 4.31 Å². The van der Waals surface area contributed by atoms with Gasteiger partial charge in [0.2, 0.25) is 10.0 Å². The van der Waals surface area contributed by atoms with Gasteiger partial charge in [-0.1, -0.05) is 206 Å². The molecule has 0 bridgehead atoms. The molecular formula is C42H77N2O4S. The van der Waals surface area contributed by atoms with Crippen LogP contribution in [0.1, 0.15) is 219 Å². The van der Waals surface area contributed by atoms with Crippen LogP contribution in [0.5, 0.6) is 0 Å². The highest BCUT2D eigenvalue weighted by Crippen LogP contribution is 2.23. The Balaban J connectivity index is 2.28. The van der Waals surface area contributed by atoms with E-state index in [9.17, 15) is 18.5 Å². The second-order valence-corrected chi connectivity index (χ2v) is 16.6. The minimum absolute atomic E-state index is 0.0883. The van der Waals surface area contributed by atoms with Crippen molar-refractivity contribution in [3.63, 3.8) is 0 Å². The molecule has 0 atom stereocenters. The molecule has 1 radical (unpaired) electrons. The molecule has 1 aromatic carbocycles. The number of nitrogens with zero attached hydrogens (tertiary/aromatic N) is 2. The van der Waals surface area contributed by atoms with Crippen LogP contribution in [0.25, 0.3) is 0 Å². The third-order valence-corrected chi connectivity index (χ3v) is 11.9. The zero-order chi connectivity index (χ0) is 35.7. The molecule has 1 rings (SSSR count). The smallest absolute Gasteiger partial charge is 0.258 e. The van der Waals surface area contributed by atoms with Crippen molar-refractivity contribution < 1.29 is 13.3 Å². The van der Waals surface area contributed by atoms with E-state index < -0.39 is 14.9 Å². The van der Waals surface area contributed by atoms with Crippen molar-refractivity contribution in [3.05, 3.63) is 34.4 Å². The molecule has 49 heavy (non-hydrogen) atoms. The maximum atomic E-state index is 13.6. The fraction of sp³-hybridized carbons (Fsp3) is 0.857. The number of unbranched alkanes of at least 4 members (excludes halogenated alkanes) is 30. The Morgan fingerprint density at radius 2 is 0.816 bits per heavy atom. The first-order valence-electron chi connectivity index (χ1n) is 21.1. The molecule has 0 spiro atoms. The molecule has 0 aliphatic rings. The third-order valence-electron chi connectivity index (χ3n) is 10.1. The number of nitro benzene ring substituents is 1. The molecular weight excluding hydrogens is 629 g/mol. The zero-order valence-corrected chi connectivity index (χ0v) is 33.0. The summed E-state index contributed by atoms with van der Waals surface area (Å²) in [5, 5.41) is 11.3. The van der Waals surface area contributed by atoms with Gasteiger partial charge in [0.1, 0.15) is 0 Å². The fourth-order valence-electron chi connectivity index (χ4n) is 6.86. The SMILES string of the molecule is CCCCCCCCCCCCCCCCCCN(CCCCCCCCCCCCCCCCCC)S(=O)(=O)c1[c]ccc([N+](=O)[O-])c1. The summed E-state index contributed by atoms with van der Waals surface area (Å²) in [5.41, 5.74) is -0.206. The predicted molar refractivity (Wildman–Crippen MR) is 210 cm³/mol. The first-order valence-corrected chi connectivity index (χ1v) is 22.5. The Bertz CT molecular complexity index is 964. The van der Waals surface area contributed by atoms with Gasteiger partial charge in [0.15, 0.2) is 0 Å². The van der Waals surface area contributed by atoms with Crippen molar-refractivity contribution in [3.8, 4) is 0 Å². The summed E-state index contributed by atoms with van der Waals surface area (Å²) in [5.74, 6) is 0. The molecule has 0 saturated heterocycles. The van der Waals surface area contributed by atoms with Crippen LogP contribution in [0.2, 0.25) is 0 Å². The van der Waals surface area contributed by atoms with Gasteiger partial charge in [0.05, 0.1) is 9.82 Å². The van der Waals surface area contributed by atoms with Crippen LogP contribution in [0.15, 0.2) is 23.1 Å². The normalized spacial score (nSPS) is 11.9. The largest absolute Gasteiger partial charge is 0.270 e. The van der Waals surface area contributed by atoms with Gasteiger partial charge in [0, 0.05) is 31.3 Å². The molecule has 0 aliphatic heterocycles. The summed E-state index contributed by atoms with van der Waals surface area (Å²) in [7, 11) is -3.83. The van der Waals surface area contributed by atoms with Crippen molar-refractivity contribution >= 4 is 15.7 Å². The topological polar surface area (TPSA) is 80.5 Å². The minimum atomic E-state index is -3.83. The molecule has 0 fully saturated rings. The lowest BCUT2D eigenvalue weighted by molar-refractivity contribution is -0.385. The maximum absolute atomic E-state index is 13.6. The van der Waals surface area contributed by atoms with E-state index in [2.05, 4.69) is 19.9 Å². The van der Waals surface area contributed by atoms with Crippen molar-refractivity contribution in [1.29, 1.82) is 0 Å². The second-order valence-electron chi connectivity index (χ2n) is 14.7. The number of benzene rings is 1. The fourth-order valence-corrected chi connectivity index (χ4v) is 8.36. The second kappa shape index (κ2) is 32.4. The molecule has 285 valence electrons. The van der Waals surface area contributed by atoms with E-state index in [-0.39, 0.29) is 10.6 Å². The summed E-state index contributed by atoms with van der Waals surface area (Å²) in [6.45, 7) is 5.48. The minimum Gasteiger partial charge on any atom is -0.258 e. The van der Waals surface area contributed by atoms with Gasteiger partial charge in [-0.2, -0.15) is 4.31 Å². The highest BCUT2D eigenvalue weighted by molar-refractivity contribution is 7.89. The van der Waals surface area contributed by atoms with Gasteiger partial charge < -0.3 is 0 Å². The van der Waals surface area contributed by atoms with Crippen LogP contribution in [0.4, 0.5) is 5.69 Å². The maximum Gasteiger partial charge on any atom is 0.270 e. The van der Waals surface area contributed by atoms with E-state index in [0.29, 0.717) is 13.1 Å². The number of non-ortho nitro benzene ring substituents is 1. The number of nitro groups is 1. The molecule has 0 N–H and O–H groups in total. The highest BCUT2D eigenvalue weighted by atomic mass is 32.2. The van der Waals surface area contributed by atoms with E-state index in [1.54, 1.807) is 4.31 Å². The van der Waals surface area contributed by atoms with Gasteiger partial charge in [-0.3, -0.25) is 10.1 Å². The van der Waals surface area contributed by atoms with E-state index in [4.69, 9.17) is 0 Å². The van der Waals surface area contributed by atoms with Crippen LogP contribution in [0, 0.1) is 16.2 Å². The lowest BCUT2D eigenvalue weighted by Crippen LogP contribution is -2.33. The van der Waals surface area contributed by atoms with Crippen molar-refractivity contribution in [2.24, 2.45) is 0 Å². The summed E-state index contributed by atoms with van der Waals surface area (Å²) >= 11 is 0. The summed E-state index contributed by atoms with van der Waals surface area (Å²) in [6.07, 6.45) is 41.0. The lowest BCUT2D eigenvalue weighted by atomic mass is 10.0. The quantitative estimate of drug-likeness (QED) is 0.0392. The molecule has 0 aliphatic carbocycles. The van der Waals surface area contributed by atoms with Crippen molar-refractivity contribution in [2.75, 3.05) is 13.1 Å². The number of hydrogen-bond donors (Lipinski definition) is 0. The average Bonchev–Trinajstić information content (AvgIpc) is 3.10. The van der Waals surface area contributed by atoms with E-state index in [1.165, 1.54) is 179 Å². The molecule has 0 amide bonds. The first-order chi connectivity index (χ1) is 23.9. The standard InChI is InChI=1S/C42H77N2O4S/c1-3-5-7-9-11-13-15-17-19-21-23-25-27-29-31-33-38-43(49(47,48)42-37-35-36-41(40-42)44(45)46)39-34-32-30-28-26-24-22-20-18-16-14-12-10-8-6-4-2/h35-36,40H,3-34,38-39H2,1-2H3. The van der Waals surface area contributed by atoms with Crippen LogP contribution < -0.4 is 0 Å². The van der Waals surface area contributed by atoms with Gasteiger partial charge in [-0.05, 0) is 18.9 Å². The molecule has 0 aromatic heterocycles. The van der Waals surface area contributed by atoms with Crippen LogP contribution in [-0.2, 0) is 10.0 Å². The van der Waals surface area contributed by atoms with E-state index >= 15 is 0 Å². The van der Waals surface area contributed by atoms with Crippen LogP contribution in [0.3, 0.4) is 0 Å². The number of hydrogen-bond acceptors (Lipinski definition) is 4. The lowest BCUT2D eigenvalue weighted by Gasteiger charge is -2.22. The molecule has 0 saturated carbocycles. The highest BCUT2D eigenvalue weighted by Gasteiger charge is 2.25. The molecule has 1 aromatic rings. The third kappa shape index (κ3) is 25.2. The monoisotopic (exact) mass is 706 g/mol. The number of sulfonamides is 1. The van der Waals surface area contributed by atoms with Crippen LogP contribution >= 0.6 is 0 Å². The first kappa shape index (κ1) is 45.6. The summed E-state index contributed by atoms with van der Waals surface area (Å²) < 4.78 is 28.7. The van der Waals surface area contributed by atoms with Gasteiger partial charge >= 0.3 is 0 Å². The van der Waals surface area contributed by atoms with E-state index in [1.807, 2.05) is 0 Å². The molecule has 7 heteroatoms. The molecule has 0 unspecified atom stereocenters. The summed E-state index contributed by atoms with van der Waals surface area (Å²) in [4.78, 5) is 10.7. The van der Waals surface area contributed by atoms with Gasteiger partial charge in [-0.25, -0.2) is 8.42 Å².